The van der Waals surface area contributed by atoms with Crippen LogP contribution in [0.3, 0.4) is 0 Å². The highest BCUT2D eigenvalue weighted by Crippen LogP contribution is 2.32. The van der Waals surface area contributed by atoms with Crippen LogP contribution in [0.5, 0.6) is 5.75 Å². The van der Waals surface area contributed by atoms with Gasteiger partial charge in [-0.05, 0) is 59.1 Å². The van der Waals surface area contributed by atoms with Gasteiger partial charge in [-0.1, -0.05) is 38.1 Å². The molecule has 6 nitrogen and oxygen atoms in total. The molecule has 0 bridgehead atoms. The SMILES string of the molecule is COc1ccc(NC(=O)CN2C(=O)S/C(=C/c3ccc(C(C)C)cc3)C2=O)cc1. The minimum Gasteiger partial charge on any atom is -0.497 e. The Labute approximate surface area is 173 Å². The van der Waals surface area contributed by atoms with Gasteiger partial charge in [0.25, 0.3) is 11.1 Å². The van der Waals surface area contributed by atoms with Crippen molar-refractivity contribution >= 4 is 40.6 Å². The molecule has 0 spiro atoms. The van der Waals surface area contributed by atoms with E-state index < -0.39 is 17.1 Å². The standard InChI is InChI=1S/C22H22N2O4S/c1-14(2)16-6-4-15(5-7-16)12-19-21(26)24(22(27)29-19)13-20(25)23-17-8-10-18(28-3)11-9-17/h4-12,14H,13H2,1-3H3,(H,23,25)/b19-12+. The number of benzene rings is 2. The van der Waals surface area contributed by atoms with E-state index in [4.69, 9.17) is 4.74 Å². The van der Waals surface area contributed by atoms with E-state index in [0.29, 0.717) is 22.3 Å². The molecule has 7 heteroatoms. The molecule has 2 aromatic carbocycles. The monoisotopic (exact) mass is 410 g/mol. The molecule has 1 N–H and O–H groups in total. The van der Waals surface area contributed by atoms with Crippen LogP contribution in [0, 0.1) is 0 Å². The van der Waals surface area contributed by atoms with Crippen LogP contribution < -0.4 is 10.1 Å². The number of methoxy groups -OCH3 is 1. The van der Waals surface area contributed by atoms with Gasteiger partial charge >= 0.3 is 0 Å². The van der Waals surface area contributed by atoms with Crippen molar-refractivity contribution in [1.29, 1.82) is 0 Å². The second kappa shape index (κ2) is 8.96. The molecule has 0 atom stereocenters. The third-order valence-corrected chi connectivity index (χ3v) is 5.36. The van der Waals surface area contributed by atoms with Crippen LogP contribution in [0.1, 0.15) is 30.9 Å². The summed E-state index contributed by atoms with van der Waals surface area (Å²) in [5.41, 5.74) is 2.59. The molecule has 0 saturated carbocycles. The maximum Gasteiger partial charge on any atom is 0.294 e. The number of carbonyl (C=O) groups excluding carboxylic acids is 3. The van der Waals surface area contributed by atoms with Gasteiger partial charge in [0.1, 0.15) is 12.3 Å². The highest BCUT2D eigenvalue weighted by molar-refractivity contribution is 8.18. The lowest BCUT2D eigenvalue weighted by atomic mass is 10.0. The first-order valence-electron chi connectivity index (χ1n) is 9.16. The highest BCUT2D eigenvalue weighted by Gasteiger charge is 2.36. The summed E-state index contributed by atoms with van der Waals surface area (Å²) in [6.45, 7) is 3.88. The van der Waals surface area contributed by atoms with Gasteiger partial charge in [-0.2, -0.15) is 0 Å². The minimum absolute atomic E-state index is 0.310. The minimum atomic E-state index is -0.460. The molecule has 150 valence electrons. The molecule has 1 aliphatic rings. The van der Waals surface area contributed by atoms with Gasteiger partial charge in [0.2, 0.25) is 5.91 Å². The first-order valence-corrected chi connectivity index (χ1v) is 9.98. The normalized spacial score (nSPS) is 15.3. The van der Waals surface area contributed by atoms with Crippen molar-refractivity contribution in [2.45, 2.75) is 19.8 Å². The number of amides is 3. The summed E-state index contributed by atoms with van der Waals surface area (Å²) in [6, 6.07) is 14.6. The van der Waals surface area contributed by atoms with E-state index in [2.05, 4.69) is 19.2 Å². The van der Waals surface area contributed by atoms with E-state index in [0.717, 1.165) is 22.2 Å². The maximum absolute atomic E-state index is 12.6. The van der Waals surface area contributed by atoms with E-state index in [-0.39, 0.29) is 6.54 Å². The molecule has 1 aliphatic heterocycles. The van der Waals surface area contributed by atoms with Crippen molar-refractivity contribution in [3.05, 3.63) is 64.6 Å². The molecular weight excluding hydrogens is 388 g/mol. The Morgan fingerprint density at radius 1 is 1.10 bits per heavy atom. The summed E-state index contributed by atoms with van der Waals surface area (Å²) in [5.74, 6) is 0.179. The molecule has 2 aromatic rings. The van der Waals surface area contributed by atoms with Crippen LogP contribution >= 0.6 is 11.8 Å². The summed E-state index contributed by atoms with van der Waals surface area (Å²) >= 11 is 0.842. The van der Waals surface area contributed by atoms with E-state index in [9.17, 15) is 14.4 Å². The van der Waals surface area contributed by atoms with Gasteiger partial charge in [-0.15, -0.1) is 0 Å². The number of carbonyl (C=O) groups is 3. The van der Waals surface area contributed by atoms with Gasteiger partial charge in [-0.25, -0.2) is 0 Å². The molecule has 0 unspecified atom stereocenters. The lowest BCUT2D eigenvalue weighted by molar-refractivity contribution is -0.127. The molecule has 0 aromatic heterocycles. The Kier molecular flexibility index (Phi) is 6.39. The van der Waals surface area contributed by atoms with Crippen LogP contribution in [-0.2, 0) is 9.59 Å². The number of ether oxygens (including phenoxy) is 1. The summed E-state index contributed by atoms with van der Waals surface area (Å²) in [6.07, 6.45) is 1.68. The number of rotatable bonds is 6. The van der Waals surface area contributed by atoms with Crippen LogP contribution in [0.4, 0.5) is 10.5 Å². The smallest absolute Gasteiger partial charge is 0.294 e. The van der Waals surface area contributed by atoms with E-state index in [1.54, 1.807) is 37.5 Å². The largest absolute Gasteiger partial charge is 0.497 e. The number of thioether (sulfide) groups is 1. The van der Waals surface area contributed by atoms with Crippen LogP contribution in [0.2, 0.25) is 0 Å². The number of hydrogen-bond donors (Lipinski definition) is 1. The second-order valence-corrected chi connectivity index (χ2v) is 7.86. The van der Waals surface area contributed by atoms with Crippen molar-refractivity contribution in [2.75, 3.05) is 19.0 Å². The van der Waals surface area contributed by atoms with Gasteiger partial charge in [0, 0.05) is 5.69 Å². The molecule has 1 heterocycles. The summed E-state index contributed by atoms with van der Waals surface area (Å²) in [5, 5.41) is 2.22. The first kappa shape index (κ1) is 20.7. The molecule has 1 saturated heterocycles. The third kappa shape index (κ3) is 5.06. The summed E-state index contributed by atoms with van der Waals surface area (Å²) < 4.78 is 5.07. The Bertz CT molecular complexity index is 950. The maximum atomic E-state index is 12.6. The van der Waals surface area contributed by atoms with Gasteiger partial charge in [0.05, 0.1) is 12.0 Å². The van der Waals surface area contributed by atoms with Crippen LogP contribution in [0.25, 0.3) is 6.08 Å². The van der Waals surface area contributed by atoms with Crippen molar-refractivity contribution in [3.8, 4) is 5.75 Å². The molecule has 3 rings (SSSR count). The van der Waals surface area contributed by atoms with Crippen molar-refractivity contribution in [3.63, 3.8) is 0 Å². The Morgan fingerprint density at radius 3 is 2.34 bits per heavy atom. The van der Waals surface area contributed by atoms with E-state index in [1.165, 1.54) is 5.56 Å². The van der Waals surface area contributed by atoms with Crippen molar-refractivity contribution < 1.29 is 19.1 Å². The molecule has 3 amide bonds. The fourth-order valence-electron chi connectivity index (χ4n) is 2.78. The Morgan fingerprint density at radius 2 is 1.76 bits per heavy atom. The second-order valence-electron chi connectivity index (χ2n) is 6.87. The van der Waals surface area contributed by atoms with Crippen molar-refractivity contribution in [2.24, 2.45) is 0 Å². The Hall–Kier alpha value is -3.06. The fourth-order valence-corrected chi connectivity index (χ4v) is 3.62. The zero-order valence-corrected chi connectivity index (χ0v) is 17.3. The van der Waals surface area contributed by atoms with E-state index in [1.807, 2.05) is 24.3 Å². The lowest BCUT2D eigenvalue weighted by Crippen LogP contribution is -2.36. The fraction of sp³-hybridized carbons (Fsp3) is 0.227. The predicted molar refractivity (Wildman–Crippen MR) is 115 cm³/mol. The first-order chi connectivity index (χ1) is 13.9. The summed E-state index contributed by atoms with van der Waals surface area (Å²) in [7, 11) is 1.56. The molecular formula is C22H22N2O4S. The lowest BCUT2D eigenvalue weighted by Gasteiger charge is -2.12. The third-order valence-electron chi connectivity index (χ3n) is 4.45. The molecule has 0 aliphatic carbocycles. The topological polar surface area (TPSA) is 75.7 Å². The van der Waals surface area contributed by atoms with Crippen LogP contribution in [0.15, 0.2) is 53.4 Å². The van der Waals surface area contributed by atoms with E-state index >= 15 is 0 Å². The predicted octanol–water partition coefficient (Wildman–Crippen LogP) is 4.49. The van der Waals surface area contributed by atoms with Gasteiger partial charge in [-0.3, -0.25) is 19.3 Å². The Balaban J connectivity index is 1.65. The molecule has 29 heavy (non-hydrogen) atoms. The number of imide groups is 1. The highest BCUT2D eigenvalue weighted by atomic mass is 32.2. The quantitative estimate of drug-likeness (QED) is 0.710. The summed E-state index contributed by atoms with van der Waals surface area (Å²) in [4.78, 5) is 38.3. The van der Waals surface area contributed by atoms with Crippen LogP contribution in [-0.4, -0.2) is 35.6 Å². The number of hydrogen-bond acceptors (Lipinski definition) is 5. The zero-order chi connectivity index (χ0) is 21.0. The zero-order valence-electron chi connectivity index (χ0n) is 16.5. The van der Waals surface area contributed by atoms with Gasteiger partial charge in [0.15, 0.2) is 0 Å². The molecule has 1 fully saturated rings. The number of anilines is 1. The van der Waals surface area contributed by atoms with Gasteiger partial charge < -0.3 is 10.1 Å². The number of nitrogens with one attached hydrogen (secondary N) is 1. The van der Waals surface area contributed by atoms with Crippen molar-refractivity contribution in [1.82, 2.24) is 4.90 Å². The average molecular weight is 410 g/mol. The number of nitrogens with zero attached hydrogens (tertiary/aromatic N) is 1. The average Bonchev–Trinajstić information content (AvgIpc) is 2.96. The molecule has 0 radical (unpaired) electrons.